The summed E-state index contributed by atoms with van der Waals surface area (Å²) >= 11 is 5.32. The van der Waals surface area contributed by atoms with Crippen molar-refractivity contribution in [2.24, 2.45) is 11.1 Å². The second-order valence-electron chi connectivity index (χ2n) is 5.56. The molecule has 2 N–H and O–H groups in total. The van der Waals surface area contributed by atoms with Crippen LogP contribution in [0.3, 0.4) is 0 Å². The van der Waals surface area contributed by atoms with Crippen LogP contribution < -0.4 is 5.73 Å². The van der Waals surface area contributed by atoms with Crippen LogP contribution in [-0.2, 0) is 6.54 Å². The molecule has 96 valence electrons. The predicted octanol–water partition coefficient (Wildman–Crippen LogP) is 3.46. The van der Waals surface area contributed by atoms with E-state index in [1.54, 1.807) is 0 Å². The van der Waals surface area contributed by atoms with Gasteiger partial charge in [-0.15, -0.1) is 11.3 Å². The molecule has 17 heavy (non-hydrogen) atoms. The number of rotatable bonds is 4. The van der Waals surface area contributed by atoms with E-state index in [-0.39, 0.29) is 0 Å². The Kier molecular flexibility index (Phi) is 4.29. The Morgan fingerprint density at radius 1 is 1.65 bits per heavy atom. The first-order valence-corrected chi connectivity index (χ1v) is 7.84. The predicted molar refractivity (Wildman–Crippen MR) is 78.3 cm³/mol. The molecule has 0 radical (unpaired) electrons. The van der Waals surface area contributed by atoms with Crippen molar-refractivity contribution < 1.29 is 0 Å². The van der Waals surface area contributed by atoms with Crippen LogP contribution >= 0.6 is 27.3 Å². The smallest absolute Gasteiger partial charge is 0.0325 e. The van der Waals surface area contributed by atoms with Crippen LogP contribution in [0.4, 0.5) is 0 Å². The molecule has 1 heterocycles. The summed E-state index contributed by atoms with van der Waals surface area (Å²) in [6.07, 6.45) is 3.75. The van der Waals surface area contributed by atoms with Gasteiger partial charge in [0.2, 0.25) is 0 Å². The Labute approximate surface area is 116 Å². The number of nitrogens with two attached hydrogens (primary N) is 1. The summed E-state index contributed by atoms with van der Waals surface area (Å²) < 4.78 is 1.19. The molecular formula is C13H21BrN2S. The molecule has 1 saturated carbocycles. The van der Waals surface area contributed by atoms with Gasteiger partial charge in [0.05, 0.1) is 0 Å². The normalized spacial score (nSPS) is 29.1. The zero-order valence-electron chi connectivity index (χ0n) is 10.6. The van der Waals surface area contributed by atoms with Gasteiger partial charge in [0.1, 0.15) is 0 Å². The third kappa shape index (κ3) is 3.31. The van der Waals surface area contributed by atoms with Gasteiger partial charge in [-0.2, -0.15) is 0 Å². The summed E-state index contributed by atoms with van der Waals surface area (Å²) in [6, 6.07) is 2.58. The summed E-state index contributed by atoms with van der Waals surface area (Å²) in [6.45, 7) is 4.47. The van der Waals surface area contributed by atoms with Gasteiger partial charge < -0.3 is 10.6 Å². The van der Waals surface area contributed by atoms with Crippen LogP contribution in [0.2, 0.25) is 0 Å². The van der Waals surface area contributed by atoms with E-state index < -0.39 is 0 Å². The second kappa shape index (κ2) is 5.39. The molecule has 2 nitrogen and oxygen atoms in total. The molecule has 1 aliphatic carbocycles. The number of thiophene rings is 1. The largest absolute Gasteiger partial charge is 0.327 e. The van der Waals surface area contributed by atoms with Crippen molar-refractivity contribution >= 4 is 27.3 Å². The van der Waals surface area contributed by atoms with Gasteiger partial charge in [-0.3, -0.25) is 0 Å². The van der Waals surface area contributed by atoms with Gasteiger partial charge in [-0.25, -0.2) is 0 Å². The van der Waals surface area contributed by atoms with Gasteiger partial charge in [-0.05, 0) is 47.3 Å². The highest BCUT2D eigenvalue weighted by Gasteiger charge is 2.36. The molecule has 2 unspecified atom stereocenters. The molecule has 0 aliphatic heterocycles. The molecule has 0 amide bonds. The minimum Gasteiger partial charge on any atom is -0.327 e. The van der Waals surface area contributed by atoms with Crippen molar-refractivity contribution in [3.63, 3.8) is 0 Å². The topological polar surface area (TPSA) is 29.3 Å². The number of hydrogen-bond donors (Lipinski definition) is 1. The molecule has 4 heteroatoms. The standard InChI is InChI=1S/C13H21BrN2S/c1-13(5-3-4-12(13)15)9-16(2)7-11-6-10(14)8-17-11/h6,8,12H,3-5,7,9,15H2,1-2H3. The summed E-state index contributed by atoms with van der Waals surface area (Å²) in [5.41, 5.74) is 6.54. The summed E-state index contributed by atoms with van der Waals surface area (Å²) in [4.78, 5) is 3.82. The third-order valence-corrected chi connectivity index (χ3v) is 5.52. The average Bonchev–Trinajstić information content (AvgIpc) is 2.75. The average molecular weight is 317 g/mol. The minimum atomic E-state index is 0.309. The number of halogens is 1. The van der Waals surface area contributed by atoms with E-state index >= 15 is 0 Å². The van der Waals surface area contributed by atoms with Gasteiger partial charge in [0.15, 0.2) is 0 Å². The third-order valence-electron chi connectivity index (χ3n) is 3.84. The van der Waals surface area contributed by atoms with Gasteiger partial charge in [0.25, 0.3) is 0 Å². The van der Waals surface area contributed by atoms with E-state index in [2.05, 4.69) is 46.2 Å². The van der Waals surface area contributed by atoms with E-state index in [4.69, 9.17) is 5.73 Å². The highest BCUT2D eigenvalue weighted by Crippen LogP contribution is 2.37. The second-order valence-corrected chi connectivity index (χ2v) is 7.47. The Morgan fingerprint density at radius 3 is 2.94 bits per heavy atom. The minimum absolute atomic E-state index is 0.309. The lowest BCUT2D eigenvalue weighted by atomic mass is 9.85. The van der Waals surface area contributed by atoms with Crippen LogP contribution in [0.1, 0.15) is 31.1 Å². The number of nitrogens with zero attached hydrogens (tertiary/aromatic N) is 1. The first-order chi connectivity index (χ1) is 7.99. The first-order valence-electron chi connectivity index (χ1n) is 6.17. The van der Waals surface area contributed by atoms with Crippen LogP contribution in [0.15, 0.2) is 15.9 Å². The zero-order chi connectivity index (χ0) is 12.5. The van der Waals surface area contributed by atoms with Crippen LogP contribution in [-0.4, -0.2) is 24.5 Å². The van der Waals surface area contributed by atoms with Gasteiger partial charge in [-0.1, -0.05) is 13.3 Å². The molecule has 2 atom stereocenters. The lowest BCUT2D eigenvalue weighted by Crippen LogP contribution is -2.42. The van der Waals surface area contributed by atoms with Crippen LogP contribution in [0, 0.1) is 5.41 Å². The van der Waals surface area contributed by atoms with Gasteiger partial charge in [0, 0.05) is 33.9 Å². The molecular weight excluding hydrogens is 296 g/mol. The van der Waals surface area contributed by atoms with Crippen LogP contribution in [0.25, 0.3) is 0 Å². The van der Waals surface area contributed by atoms with E-state index in [0.717, 1.165) is 13.1 Å². The molecule has 1 aliphatic rings. The molecule has 2 rings (SSSR count). The summed E-state index contributed by atoms with van der Waals surface area (Å²) in [5.74, 6) is 0. The highest BCUT2D eigenvalue weighted by atomic mass is 79.9. The van der Waals surface area contributed by atoms with Crippen molar-refractivity contribution in [2.45, 2.75) is 38.8 Å². The van der Waals surface area contributed by atoms with Crippen molar-refractivity contribution in [3.8, 4) is 0 Å². The highest BCUT2D eigenvalue weighted by molar-refractivity contribution is 9.10. The molecule has 1 fully saturated rings. The molecule has 1 aromatic heterocycles. The van der Waals surface area contributed by atoms with Crippen molar-refractivity contribution in [3.05, 3.63) is 20.8 Å². The maximum absolute atomic E-state index is 6.23. The molecule has 0 saturated heterocycles. The zero-order valence-corrected chi connectivity index (χ0v) is 13.0. The fraction of sp³-hybridized carbons (Fsp3) is 0.692. The molecule has 1 aromatic rings. The molecule has 0 bridgehead atoms. The van der Waals surface area contributed by atoms with E-state index in [1.807, 2.05) is 11.3 Å². The SMILES string of the molecule is CN(Cc1cc(Br)cs1)CC1(C)CCCC1N. The maximum Gasteiger partial charge on any atom is 0.0325 e. The fourth-order valence-corrected chi connectivity index (χ4v) is 4.36. The lowest BCUT2D eigenvalue weighted by molar-refractivity contribution is 0.174. The van der Waals surface area contributed by atoms with E-state index in [9.17, 15) is 0 Å². The Bertz CT molecular complexity index is 379. The van der Waals surface area contributed by atoms with E-state index in [1.165, 1.54) is 28.6 Å². The monoisotopic (exact) mass is 316 g/mol. The Morgan fingerprint density at radius 2 is 2.41 bits per heavy atom. The molecule has 0 aromatic carbocycles. The Balaban J connectivity index is 1.91. The lowest BCUT2D eigenvalue weighted by Gasteiger charge is -2.33. The fourth-order valence-electron chi connectivity index (χ4n) is 2.83. The number of hydrogen-bond acceptors (Lipinski definition) is 3. The Hall–Kier alpha value is 0.1000. The van der Waals surface area contributed by atoms with E-state index in [0.29, 0.717) is 11.5 Å². The van der Waals surface area contributed by atoms with Crippen molar-refractivity contribution in [2.75, 3.05) is 13.6 Å². The quantitative estimate of drug-likeness (QED) is 0.921. The summed E-state index contributed by atoms with van der Waals surface area (Å²) in [5, 5.41) is 2.15. The maximum atomic E-state index is 6.23. The van der Waals surface area contributed by atoms with Gasteiger partial charge >= 0.3 is 0 Å². The summed E-state index contributed by atoms with van der Waals surface area (Å²) in [7, 11) is 2.20. The van der Waals surface area contributed by atoms with Crippen LogP contribution in [0.5, 0.6) is 0 Å². The van der Waals surface area contributed by atoms with Crippen molar-refractivity contribution in [1.82, 2.24) is 4.90 Å². The molecule has 0 spiro atoms. The van der Waals surface area contributed by atoms with Crippen molar-refractivity contribution in [1.29, 1.82) is 0 Å². The first kappa shape index (κ1) is 13.5.